The highest BCUT2D eigenvalue weighted by Gasteiger charge is 2.14. The van der Waals surface area contributed by atoms with Crippen LogP contribution < -0.4 is 0 Å². The van der Waals surface area contributed by atoms with Gasteiger partial charge in [0.1, 0.15) is 11.5 Å². The number of furan rings is 1. The van der Waals surface area contributed by atoms with Crippen molar-refractivity contribution in [2.45, 2.75) is 6.54 Å². The molecule has 1 heterocycles. The smallest absolute Gasteiger partial charge is 0.253 e. The fourth-order valence-corrected chi connectivity index (χ4v) is 2.41. The van der Waals surface area contributed by atoms with E-state index in [0.29, 0.717) is 12.1 Å². The van der Waals surface area contributed by atoms with Gasteiger partial charge in [0.05, 0.1) is 6.26 Å². The van der Waals surface area contributed by atoms with Crippen molar-refractivity contribution in [3.8, 4) is 17.1 Å². The van der Waals surface area contributed by atoms with Gasteiger partial charge in [0.25, 0.3) is 5.91 Å². The quantitative estimate of drug-likeness (QED) is 0.794. The summed E-state index contributed by atoms with van der Waals surface area (Å²) in [6.45, 7) is 0.353. The molecular weight excluding hydrogens is 290 g/mol. The van der Waals surface area contributed by atoms with Gasteiger partial charge in [-0.25, -0.2) is 0 Å². The van der Waals surface area contributed by atoms with Crippen molar-refractivity contribution >= 4 is 5.91 Å². The van der Waals surface area contributed by atoms with Crippen LogP contribution in [0.1, 0.15) is 15.9 Å². The molecule has 0 saturated heterocycles. The minimum Gasteiger partial charge on any atom is -0.508 e. The van der Waals surface area contributed by atoms with E-state index in [2.05, 4.69) is 0 Å². The van der Waals surface area contributed by atoms with Gasteiger partial charge >= 0.3 is 0 Å². The second-order valence-corrected chi connectivity index (χ2v) is 5.34. The topological polar surface area (TPSA) is 53.7 Å². The van der Waals surface area contributed by atoms with Crippen LogP contribution >= 0.6 is 0 Å². The standard InChI is InChI=1S/C19H17NO3/c1-20(13-16-5-2-3-6-17(16)21)19(22)15-10-8-14(9-11-15)18-7-4-12-23-18/h2-12,21H,13H2,1H3. The molecule has 116 valence electrons. The number of para-hydroxylation sites is 1. The van der Waals surface area contributed by atoms with Gasteiger partial charge in [0, 0.05) is 30.3 Å². The van der Waals surface area contributed by atoms with Gasteiger partial charge in [-0.15, -0.1) is 0 Å². The monoisotopic (exact) mass is 307 g/mol. The van der Waals surface area contributed by atoms with Crippen molar-refractivity contribution in [3.05, 3.63) is 78.1 Å². The molecule has 1 aromatic heterocycles. The molecule has 1 N–H and O–H groups in total. The maximum Gasteiger partial charge on any atom is 0.253 e. The summed E-state index contributed by atoms with van der Waals surface area (Å²) in [5.41, 5.74) is 2.24. The zero-order valence-electron chi connectivity index (χ0n) is 12.8. The number of amides is 1. The van der Waals surface area contributed by atoms with Crippen molar-refractivity contribution in [1.82, 2.24) is 4.90 Å². The van der Waals surface area contributed by atoms with Crippen LogP contribution in [0.3, 0.4) is 0 Å². The Hall–Kier alpha value is -3.01. The number of phenolic OH excluding ortho intramolecular Hbond substituents is 1. The third kappa shape index (κ3) is 3.26. The van der Waals surface area contributed by atoms with E-state index in [-0.39, 0.29) is 11.7 Å². The van der Waals surface area contributed by atoms with Crippen LogP contribution in [0.15, 0.2) is 71.3 Å². The van der Waals surface area contributed by atoms with Crippen molar-refractivity contribution < 1.29 is 14.3 Å². The molecule has 4 nitrogen and oxygen atoms in total. The van der Waals surface area contributed by atoms with Crippen LogP contribution in [-0.4, -0.2) is 23.0 Å². The largest absolute Gasteiger partial charge is 0.508 e. The Morgan fingerprint density at radius 3 is 2.43 bits per heavy atom. The van der Waals surface area contributed by atoms with E-state index in [1.807, 2.05) is 30.3 Å². The normalized spacial score (nSPS) is 10.5. The number of carbonyl (C=O) groups excluding carboxylic acids is 1. The molecule has 2 aromatic carbocycles. The summed E-state index contributed by atoms with van der Waals surface area (Å²) in [7, 11) is 1.72. The molecule has 0 aliphatic rings. The number of hydrogen-bond acceptors (Lipinski definition) is 3. The molecule has 0 aliphatic carbocycles. The molecule has 0 fully saturated rings. The van der Waals surface area contributed by atoms with Crippen LogP contribution in [-0.2, 0) is 6.54 Å². The zero-order chi connectivity index (χ0) is 16.2. The van der Waals surface area contributed by atoms with Gasteiger partial charge < -0.3 is 14.4 Å². The SMILES string of the molecule is CN(Cc1ccccc1O)C(=O)c1ccc(-c2ccco2)cc1. The summed E-state index contributed by atoms with van der Waals surface area (Å²) in [5.74, 6) is 0.867. The van der Waals surface area contributed by atoms with Gasteiger partial charge in [-0.05, 0) is 30.3 Å². The number of benzene rings is 2. The van der Waals surface area contributed by atoms with E-state index in [4.69, 9.17) is 4.42 Å². The summed E-state index contributed by atoms with van der Waals surface area (Å²) in [4.78, 5) is 14.1. The summed E-state index contributed by atoms with van der Waals surface area (Å²) in [5, 5.41) is 9.81. The fourth-order valence-electron chi connectivity index (χ4n) is 2.41. The molecule has 0 aliphatic heterocycles. The first-order valence-corrected chi connectivity index (χ1v) is 7.31. The first-order valence-electron chi connectivity index (χ1n) is 7.31. The van der Waals surface area contributed by atoms with E-state index in [0.717, 1.165) is 16.9 Å². The van der Waals surface area contributed by atoms with E-state index in [1.54, 1.807) is 48.5 Å². The molecule has 0 spiro atoms. The Bertz CT molecular complexity index is 792. The Labute approximate surface area is 134 Å². The Morgan fingerprint density at radius 2 is 1.78 bits per heavy atom. The molecule has 0 radical (unpaired) electrons. The highest BCUT2D eigenvalue weighted by Crippen LogP contribution is 2.21. The molecule has 3 aromatic rings. The summed E-state index contributed by atoms with van der Waals surface area (Å²) in [6, 6.07) is 18.0. The summed E-state index contributed by atoms with van der Waals surface area (Å²) >= 11 is 0. The summed E-state index contributed by atoms with van der Waals surface area (Å²) in [6.07, 6.45) is 1.62. The average Bonchev–Trinajstić information content (AvgIpc) is 3.11. The lowest BCUT2D eigenvalue weighted by atomic mass is 10.1. The predicted molar refractivity (Wildman–Crippen MR) is 88.0 cm³/mol. The first kappa shape index (κ1) is 14.9. The van der Waals surface area contributed by atoms with Crippen LogP contribution in [0.25, 0.3) is 11.3 Å². The number of carbonyl (C=O) groups is 1. The number of nitrogens with zero attached hydrogens (tertiary/aromatic N) is 1. The number of aromatic hydroxyl groups is 1. The molecule has 0 bridgehead atoms. The molecule has 3 rings (SSSR count). The minimum absolute atomic E-state index is 0.0979. The lowest BCUT2D eigenvalue weighted by Crippen LogP contribution is -2.26. The molecule has 0 atom stereocenters. The molecule has 4 heteroatoms. The Balaban J connectivity index is 1.73. The van der Waals surface area contributed by atoms with Gasteiger partial charge in [0.2, 0.25) is 0 Å². The Morgan fingerprint density at radius 1 is 1.04 bits per heavy atom. The minimum atomic E-state index is -0.0979. The van der Waals surface area contributed by atoms with Crippen LogP contribution in [0.4, 0.5) is 0 Å². The molecule has 1 amide bonds. The van der Waals surface area contributed by atoms with Crippen molar-refractivity contribution in [2.24, 2.45) is 0 Å². The van der Waals surface area contributed by atoms with Gasteiger partial charge in [0.15, 0.2) is 0 Å². The van der Waals surface area contributed by atoms with E-state index in [9.17, 15) is 9.90 Å². The zero-order valence-corrected chi connectivity index (χ0v) is 12.8. The van der Waals surface area contributed by atoms with Crippen molar-refractivity contribution in [1.29, 1.82) is 0 Å². The highest BCUT2D eigenvalue weighted by molar-refractivity contribution is 5.94. The van der Waals surface area contributed by atoms with Crippen LogP contribution in [0.5, 0.6) is 5.75 Å². The molecule has 0 unspecified atom stereocenters. The average molecular weight is 307 g/mol. The second kappa shape index (κ2) is 6.40. The Kier molecular flexibility index (Phi) is 4.15. The van der Waals surface area contributed by atoms with E-state index in [1.165, 1.54) is 0 Å². The second-order valence-electron chi connectivity index (χ2n) is 5.34. The maximum atomic E-state index is 12.5. The van der Waals surface area contributed by atoms with E-state index < -0.39 is 0 Å². The third-order valence-electron chi connectivity index (χ3n) is 3.68. The number of phenols is 1. The lowest BCUT2D eigenvalue weighted by Gasteiger charge is -2.18. The highest BCUT2D eigenvalue weighted by atomic mass is 16.3. The van der Waals surface area contributed by atoms with E-state index >= 15 is 0 Å². The van der Waals surface area contributed by atoms with Crippen LogP contribution in [0, 0.1) is 0 Å². The summed E-state index contributed by atoms with van der Waals surface area (Å²) < 4.78 is 5.34. The molecular formula is C19H17NO3. The maximum absolute atomic E-state index is 12.5. The number of rotatable bonds is 4. The lowest BCUT2D eigenvalue weighted by molar-refractivity contribution is 0.0784. The third-order valence-corrected chi connectivity index (χ3v) is 3.68. The number of hydrogen-bond donors (Lipinski definition) is 1. The van der Waals surface area contributed by atoms with Gasteiger partial charge in [-0.1, -0.05) is 30.3 Å². The van der Waals surface area contributed by atoms with Gasteiger partial charge in [-0.3, -0.25) is 4.79 Å². The van der Waals surface area contributed by atoms with Crippen molar-refractivity contribution in [3.63, 3.8) is 0 Å². The fraction of sp³-hybridized carbons (Fsp3) is 0.105. The first-order chi connectivity index (χ1) is 11.1. The van der Waals surface area contributed by atoms with Gasteiger partial charge in [-0.2, -0.15) is 0 Å². The van der Waals surface area contributed by atoms with Crippen molar-refractivity contribution in [2.75, 3.05) is 7.05 Å². The van der Waals surface area contributed by atoms with Crippen LogP contribution in [0.2, 0.25) is 0 Å². The molecule has 23 heavy (non-hydrogen) atoms. The molecule has 0 saturated carbocycles. The predicted octanol–water partition coefficient (Wildman–Crippen LogP) is 3.92.